The lowest BCUT2D eigenvalue weighted by Gasteiger charge is -2.13. The molecule has 0 bridgehead atoms. The van der Waals surface area contributed by atoms with Gasteiger partial charge in [0.15, 0.2) is 5.82 Å². The Labute approximate surface area is 331 Å². The molecule has 0 aliphatic carbocycles. The fraction of sp³-hybridized carbons (Fsp3) is 0. The van der Waals surface area contributed by atoms with Crippen LogP contribution in [0.15, 0.2) is 192 Å². The molecule has 0 atom stereocenters. The summed E-state index contributed by atoms with van der Waals surface area (Å²) in [7, 11) is 0. The first-order chi connectivity index (χ1) is 28.3. The van der Waals surface area contributed by atoms with E-state index in [1.54, 1.807) is 0 Å². The zero-order valence-electron chi connectivity index (χ0n) is 30.6. The van der Waals surface area contributed by atoms with Crippen molar-refractivity contribution in [1.29, 1.82) is 0 Å². The van der Waals surface area contributed by atoms with Gasteiger partial charge in [-0.05, 0) is 42.5 Å². The number of fused-ring (bicyclic) bond motifs is 9. The molecule has 0 N–H and O–H groups in total. The molecule has 266 valence electrons. The van der Waals surface area contributed by atoms with Crippen LogP contribution < -0.4 is 0 Å². The van der Waals surface area contributed by atoms with Gasteiger partial charge >= 0.3 is 0 Å². The topological polar surface area (TPSA) is 43.9 Å². The van der Waals surface area contributed by atoms with E-state index in [9.17, 15) is 0 Å². The summed E-state index contributed by atoms with van der Waals surface area (Å²) in [6.07, 6.45) is 0. The summed E-state index contributed by atoms with van der Waals surface area (Å²) in [5.74, 6) is 0.699. The van der Waals surface area contributed by atoms with Gasteiger partial charge < -0.3 is 8.98 Å². The minimum atomic E-state index is 0.699. The van der Waals surface area contributed by atoms with E-state index in [4.69, 9.17) is 14.4 Å². The average Bonchev–Trinajstić information content (AvgIpc) is 3.96. The van der Waals surface area contributed by atoms with Crippen LogP contribution in [-0.2, 0) is 0 Å². The molecule has 0 saturated heterocycles. The van der Waals surface area contributed by atoms with Gasteiger partial charge in [0.25, 0.3) is 0 Å². The van der Waals surface area contributed by atoms with Crippen LogP contribution in [0.3, 0.4) is 0 Å². The number of para-hydroxylation sites is 2. The standard InChI is InChI=1S/C52H31N3OS/c1-3-15-32(16-4-1)43-31-44(54-52(53-43)33-17-5-2-6-18-33)39-24-14-26-46-49(39)40-21-7-10-25-45(40)55(46)34-29-41-35-19-8-11-27-47(35)56-50(41)42(30-34)38-23-13-22-37-36-20-9-12-28-48(36)57-51(37)38/h1-31H. The van der Waals surface area contributed by atoms with E-state index in [-0.39, 0.29) is 0 Å². The summed E-state index contributed by atoms with van der Waals surface area (Å²) in [4.78, 5) is 10.4. The summed E-state index contributed by atoms with van der Waals surface area (Å²) in [6.45, 7) is 0. The van der Waals surface area contributed by atoms with Crippen LogP contribution in [0.4, 0.5) is 0 Å². The molecule has 4 nitrogen and oxygen atoms in total. The smallest absolute Gasteiger partial charge is 0.160 e. The summed E-state index contributed by atoms with van der Waals surface area (Å²) < 4.78 is 11.7. The van der Waals surface area contributed by atoms with Crippen molar-refractivity contribution in [3.05, 3.63) is 188 Å². The van der Waals surface area contributed by atoms with Crippen molar-refractivity contribution in [3.8, 4) is 50.7 Å². The van der Waals surface area contributed by atoms with Crippen molar-refractivity contribution >= 4 is 75.3 Å². The third-order valence-electron chi connectivity index (χ3n) is 11.2. The second-order valence-corrected chi connectivity index (χ2v) is 15.5. The predicted molar refractivity (Wildman–Crippen MR) is 238 cm³/mol. The monoisotopic (exact) mass is 745 g/mol. The van der Waals surface area contributed by atoms with Crippen molar-refractivity contribution in [3.63, 3.8) is 0 Å². The SMILES string of the molecule is c1ccc(-c2cc(-c3cccc4c3c3ccccc3n4-c3cc(-c4cccc5c4sc4ccccc45)c4oc5ccccc5c4c3)nc(-c3ccccc3)n2)cc1. The third-order valence-corrected chi connectivity index (χ3v) is 12.4. The predicted octanol–water partition coefficient (Wildman–Crippen LogP) is 14.5. The van der Waals surface area contributed by atoms with E-state index in [0.29, 0.717) is 5.82 Å². The molecule has 0 saturated carbocycles. The highest BCUT2D eigenvalue weighted by atomic mass is 32.1. The maximum absolute atomic E-state index is 6.76. The lowest BCUT2D eigenvalue weighted by atomic mass is 9.99. The van der Waals surface area contributed by atoms with E-state index in [1.807, 2.05) is 41.7 Å². The maximum Gasteiger partial charge on any atom is 0.160 e. The van der Waals surface area contributed by atoms with Crippen LogP contribution in [0.2, 0.25) is 0 Å². The highest BCUT2D eigenvalue weighted by Gasteiger charge is 2.22. The minimum Gasteiger partial charge on any atom is -0.455 e. The van der Waals surface area contributed by atoms with Gasteiger partial charge in [0.2, 0.25) is 0 Å². The molecular weight excluding hydrogens is 715 g/mol. The Kier molecular flexibility index (Phi) is 7.06. The van der Waals surface area contributed by atoms with Gasteiger partial charge in [-0.3, -0.25) is 0 Å². The molecule has 0 aliphatic rings. The Balaban J connectivity index is 1.15. The molecule has 12 aromatic rings. The highest BCUT2D eigenvalue weighted by molar-refractivity contribution is 7.26. The van der Waals surface area contributed by atoms with Gasteiger partial charge in [-0.25, -0.2) is 9.97 Å². The van der Waals surface area contributed by atoms with Gasteiger partial charge in [0.1, 0.15) is 11.2 Å². The molecular formula is C52H31N3OS. The summed E-state index contributed by atoms with van der Waals surface area (Å²) in [5, 5.41) is 7.04. The second-order valence-electron chi connectivity index (χ2n) is 14.5. The zero-order valence-corrected chi connectivity index (χ0v) is 31.4. The van der Waals surface area contributed by atoms with Crippen molar-refractivity contribution < 1.29 is 4.42 Å². The summed E-state index contributed by atoms with van der Waals surface area (Å²) >= 11 is 1.84. The van der Waals surface area contributed by atoms with Crippen LogP contribution in [0.5, 0.6) is 0 Å². The zero-order chi connectivity index (χ0) is 37.5. The van der Waals surface area contributed by atoms with Gasteiger partial charge in [-0.1, -0.05) is 146 Å². The lowest BCUT2D eigenvalue weighted by molar-refractivity contribution is 0.670. The fourth-order valence-electron chi connectivity index (χ4n) is 8.67. The number of hydrogen-bond acceptors (Lipinski definition) is 4. The Bertz CT molecular complexity index is 3470. The quantitative estimate of drug-likeness (QED) is 0.176. The van der Waals surface area contributed by atoms with E-state index in [0.717, 1.165) is 83.1 Å². The third kappa shape index (κ3) is 4.99. The molecule has 4 aromatic heterocycles. The first kappa shape index (κ1) is 32.0. The highest BCUT2D eigenvalue weighted by Crippen LogP contribution is 2.46. The Morgan fingerprint density at radius 1 is 0.439 bits per heavy atom. The van der Waals surface area contributed by atoms with E-state index in [2.05, 4.69) is 162 Å². The Morgan fingerprint density at radius 2 is 1.09 bits per heavy atom. The minimum absolute atomic E-state index is 0.699. The summed E-state index contributed by atoms with van der Waals surface area (Å²) in [6, 6.07) is 66.5. The van der Waals surface area contributed by atoms with Crippen molar-refractivity contribution in [2.75, 3.05) is 0 Å². The lowest BCUT2D eigenvalue weighted by Crippen LogP contribution is -1.97. The van der Waals surface area contributed by atoms with E-state index >= 15 is 0 Å². The number of furan rings is 1. The van der Waals surface area contributed by atoms with Gasteiger partial charge in [0, 0.05) is 75.2 Å². The van der Waals surface area contributed by atoms with Crippen LogP contribution in [0.1, 0.15) is 0 Å². The maximum atomic E-state index is 6.76. The van der Waals surface area contributed by atoms with Crippen LogP contribution in [0, 0.1) is 0 Å². The van der Waals surface area contributed by atoms with Gasteiger partial charge in [-0.15, -0.1) is 11.3 Å². The second kappa shape index (κ2) is 12.6. The number of rotatable bonds is 5. The normalized spacial score (nSPS) is 11.9. The Hall–Kier alpha value is -7.34. The van der Waals surface area contributed by atoms with Gasteiger partial charge in [0.05, 0.1) is 22.4 Å². The summed E-state index contributed by atoms with van der Waals surface area (Å²) in [5.41, 5.74) is 12.2. The van der Waals surface area contributed by atoms with Crippen LogP contribution in [0.25, 0.3) is 115 Å². The molecule has 57 heavy (non-hydrogen) atoms. The first-order valence-corrected chi connectivity index (χ1v) is 20.0. The van der Waals surface area contributed by atoms with E-state index in [1.165, 1.54) is 25.7 Å². The van der Waals surface area contributed by atoms with Crippen molar-refractivity contribution in [2.24, 2.45) is 0 Å². The number of nitrogens with zero attached hydrogens (tertiary/aromatic N) is 3. The fourth-order valence-corrected chi connectivity index (χ4v) is 9.90. The van der Waals surface area contributed by atoms with Crippen LogP contribution in [-0.4, -0.2) is 14.5 Å². The number of thiophene rings is 1. The molecule has 0 fully saturated rings. The van der Waals surface area contributed by atoms with Crippen molar-refractivity contribution in [2.45, 2.75) is 0 Å². The van der Waals surface area contributed by atoms with Crippen molar-refractivity contribution in [1.82, 2.24) is 14.5 Å². The molecule has 8 aromatic carbocycles. The van der Waals surface area contributed by atoms with Gasteiger partial charge in [-0.2, -0.15) is 0 Å². The number of hydrogen-bond donors (Lipinski definition) is 0. The molecule has 0 spiro atoms. The number of aromatic nitrogens is 3. The Morgan fingerprint density at radius 3 is 1.95 bits per heavy atom. The molecule has 4 heterocycles. The average molecular weight is 746 g/mol. The molecule has 5 heteroatoms. The largest absolute Gasteiger partial charge is 0.455 e. The molecule has 0 aliphatic heterocycles. The molecule has 0 radical (unpaired) electrons. The van der Waals surface area contributed by atoms with E-state index < -0.39 is 0 Å². The molecule has 0 unspecified atom stereocenters. The number of benzene rings is 8. The molecule has 12 rings (SSSR count). The first-order valence-electron chi connectivity index (χ1n) is 19.2. The van der Waals surface area contributed by atoms with Crippen LogP contribution >= 0.6 is 11.3 Å². The molecule has 0 amide bonds.